The minimum absolute atomic E-state index is 0.544. The summed E-state index contributed by atoms with van der Waals surface area (Å²) in [6.07, 6.45) is 0. The van der Waals surface area contributed by atoms with Gasteiger partial charge in [-0.25, -0.2) is 19.8 Å². The molecule has 0 aliphatic heterocycles. The molecule has 0 radical (unpaired) electrons. The summed E-state index contributed by atoms with van der Waals surface area (Å²) in [6.45, 7) is 7.46. The molecule has 0 bridgehead atoms. The van der Waals surface area contributed by atoms with Gasteiger partial charge in [0, 0.05) is 36.9 Å². The quantitative estimate of drug-likeness (QED) is 0.219. The Balaban J connectivity index is 1.51. The zero-order valence-corrected chi connectivity index (χ0v) is 21.6. The molecule has 4 nitrogen and oxygen atoms in total. The van der Waals surface area contributed by atoms with Crippen LogP contribution in [0.4, 0.5) is 5.69 Å². The molecule has 0 unspecified atom stereocenters. The number of aromatic nitrogens is 3. The van der Waals surface area contributed by atoms with E-state index in [1.54, 1.807) is 17.4 Å². The molecule has 0 atom stereocenters. The zero-order chi connectivity index (χ0) is 26.2. The van der Waals surface area contributed by atoms with Gasteiger partial charge in [-0.2, -0.15) is 0 Å². The van der Waals surface area contributed by atoms with Crippen molar-refractivity contribution in [3.05, 3.63) is 133 Å². The van der Waals surface area contributed by atoms with Gasteiger partial charge in [0.05, 0.1) is 6.57 Å². The second kappa shape index (κ2) is 9.60. The first kappa shape index (κ1) is 23.0. The summed E-state index contributed by atoms with van der Waals surface area (Å²) >= 11 is 1.78. The molecule has 0 aliphatic rings. The second-order valence-electron chi connectivity index (χ2n) is 9.20. The molecule has 5 aromatic carbocycles. The number of nitrogens with zero attached hydrogens (tertiary/aromatic N) is 4. The van der Waals surface area contributed by atoms with E-state index in [1.165, 1.54) is 20.2 Å². The molecule has 0 fully saturated rings. The van der Waals surface area contributed by atoms with E-state index in [1.807, 2.05) is 54.6 Å². The van der Waals surface area contributed by atoms with E-state index >= 15 is 0 Å². The monoisotopic (exact) mass is 516 g/mol. The summed E-state index contributed by atoms with van der Waals surface area (Å²) in [5.41, 5.74) is 5.48. The summed E-state index contributed by atoms with van der Waals surface area (Å²) in [6, 6.07) is 40.8. The van der Waals surface area contributed by atoms with Crippen molar-refractivity contribution in [1.82, 2.24) is 15.0 Å². The number of hydrogen-bond acceptors (Lipinski definition) is 4. The molecule has 2 aromatic heterocycles. The Hall–Kier alpha value is -5.18. The van der Waals surface area contributed by atoms with E-state index in [-0.39, 0.29) is 0 Å². The van der Waals surface area contributed by atoms with Crippen LogP contribution in [-0.4, -0.2) is 15.0 Å². The number of rotatable bonds is 4. The summed E-state index contributed by atoms with van der Waals surface area (Å²) in [5.74, 6) is 1.74. The fourth-order valence-corrected chi connectivity index (χ4v) is 6.07. The van der Waals surface area contributed by atoms with Crippen molar-refractivity contribution in [3.8, 4) is 45.3 Å². The van der Waals surface area contributed by atoms with Crippen LogP contribution in [0.15, 0.2) is 121 Å². The van der Waals surface area contributed by atoms with Gasteiger partial charge in [-0.15, -0.1) is 11.3 Å². The largest absolute Gasteiger partial charge is 0.238 e. The predicted molar refractivity (Wildman–Crippen MR) is 161 cm³/mol. The number of benzene rings is 5. The van der Waals surface area contributed by atoms with Crippen LogP contribution in [0.25, 0.3) is 70.3 Å². The lowest BCUT2D eigenvalue weighted by Gasteiger charge is -2.11. The van der Waals surface area contributed by atoms with Crippen LogP contribution in [-0.2, 0) is 0 Å². The molecule has 0 spiro atoms. The third-order valence-electron chi connectivity index (χ3n) is 6.72. The highest BCUT2D eigenvalue weighted by Crippen LogP contribution is 2.42. The molecular weight excluding hydrogens is 496 g/mol. The number of thiophene rings is 1. The SMILES string of the molecule is [C-]#[N+]c1cccc(-c2nc(-c3ccccc3)nc(-c3cc(-c4ccccc4)c4c(c3)sc3ccccc34)n2)c1. The van der Waals surface area contributed by atoms with E-state index < -0.39 is 0 Å². The highest BCUT2D eigenvalue weighted by atomic mass is 32.1. The first-order valence-electron chi connectivity index (χ1n) is 12.6. The lowest BCUT2D eigenvalue weighted by molar-refractivity contribution is 1.07. The van der Waals surface area contributed by atoms with E-state index in [0.29, 0.717) is 23.2 Å². The van der Waals surface area contributed by atoms with Crippen molar-refractivity contribution in [1.29, 1.82) is 0 Å². The highest BCUT2D eigenvalue weighted by molar-refractivity contribution is 7.26. The van der Waals surface area contributed by atoms with Crippen LogP contribution >= 0.6 is 11.3 Å². The molecule has 182 valence electrons. The lowest BCUT2D eigenvalue weighted by Crippen LogP contribution is -2.00. The maximum Gasteiger partial charge on any atom is 0.187 e. The first-order valence-corrected chi connectivity index (χ1v) is 13.4. The molecule has 0 amide bonds. The average molecular weight is 517 g/mol. The maximum absolute atomic E-state index is 7.46. The Labute approximate surface area is 229 Å². The van der Waals surface area contributed by atoms with Crippen molar-refractivity contribution in [3.63, 3.8) is 0 Å². The van der Waals surface area contributed by atoms with Gasteiger partial charge >= 0.3 is 0 Å². The van der Waals surface area contributed by atoms with Gasteiger partial charge in [-0.3, -0.25) is 0 Å². The summed E-state index contributed by atoms with van der Waals surface area (Å²) < 4.78 is 2.44. The molecule has 0 saturated carbocycles. The minimum Gasteiger partial charge on any atom is -0.238 e. The molecule has 7 aromatic rings. The molecule has 0 aliphatic carbocycles. The van der Waals surface area contributed by atoms with Gasteiger partial charge in [-0.05, 0) is 35.4 Å². The molecule has 2 heterocycles. The fourth-order valence-electron chi connectivity index (χ4n) is 4.89. The Kier molecular flexibility index (Phi) is 5.66. The van der Waals surface area contributed by atoms with Gasteiger partial charge in [0.2, 0.25) is 0 Å². The van der Waals surface area contributed by atoms with E-state index in [0.717, 1.165) is 27.8 Å². The van der Waals surface area contributed by atoms with Gasteiger partial charge < -0.3 is 0 Å². The van der Waals surface area contributed by atoms with Crippen molar-refractivity contribution >= 4 is 37.2 Å². The average Bonchev–Trinajstić information content (AvgIpc) is 3.40. The standard InChI is InChI=1S/C34H20N4S/c1-35-26-16-10-15-24(19-26)33-36-32(23-13-6-3-7-14-23)37-34(38-33)25-20-28(22-11-4-2-5-12-22)31-27-17-8-9-18-29(27)39-30(31)21-25/h2-21H. The smallest absolute Gasteiger partial charge is 0.187 e. The fraction of sp³-hybridized carbons (Fsp3) is 0. The van der Waals surface area contributed by atoms with Gasteiger partial charge in [0.25, 0.3) is 0 Å². The molecular formula is C34H20N4S. The first-order chi connectivity index (χ1) is 19.3. The van der Waals surface area contributed by atoms with Crippen LogP contribution in [0.5, 0.6) is 0 Å². The lowest BCUT2D eigenvalue weighted by atomic mass is 9.97. The van der Waals surface area contributed by atoms with Gasteiger partial charge in [0.15, 0.2) is 23.2 Å². The maximum atomic E-state index is 7.46. The van der Waals surface area contributed by atoms with E-state index in [9.17, 15) is 0 Å². The molecule has 5 heteroatoms. The summed E-state index contributed by atoms with van der Waals surface area (Å²) in [7, 11) is 0. The summed E-state index contributed by atoms with van der Waals surface area (Å²) in [5, 5.41) is 2.49. The molecule has 0 N–H and O–H groups in total. The van der Waals surface area contributed by atoms with Crippen LogP contribution in [0, 0.1) is 6.57 Å². The van der Waals surface area contributed by atoms with Gasteiger partial charge in [0.1, 0.15) is 0 Å². The van der Waals surface area contributed by atoms with Crippen LogP contribution < -0.4 is 0 Å². The Morgan fingerprint density at radius 3 is 1.87 bits per heavy atom. The van der Waals surface area contributed by atoms with Crippen molar-refractivity contribution in [2.24, 2.45) is 0 Å². The van der Waals surface area contributed by atoms with Crippen LogP contribution in [0.2, 0.25) is 0 Å². The van der Waals surface area contributed by atoms with Gasteiger partial charge in [-0.1, -0.05) is 97.1 Å². The molecule has 7 rings (SSSR count). The normalized spacial score (nSPS) is 11.1. The third-order valence-corrected chi connectivity index (χ3v) is 7.84. The highest BCUT2D eigenvalue weighted by Gasteiger charge is 2.17. The van der Waals surface area contributed by atoms with Crippen LogP contribution in [0.1, 0.15) is 0 Å². The minimum atomic E-state index is 0.544. The third kappa shape index (κ3) is 4.23. The number of hydrogen-bond donors (Lipinski definition) is 0. The second-order valence-corrected chi connectivity index (χ2v) is 10.3. The van der Waals surface area contributed by atoms with E-state index in [2.05, 4.69) is 65.5 Å². The van der Waals surface area contributed by atoms with Crippen LogP contribution in [0.3, 0.4) is 0 Å². The Morgan fingerprint density at radius 1 is 0.513 bits per heavy atom. The zero-order valence-electron chi connectivity index (χ0n) is 20.7. The molecule has 39 heavy (non-hydrogen) atoms. The number of fused-ring (bicyclic) bond motifs is 3. The summed E-state index contributed by atoms with van der Waals surface area (Å²) in [4.78, 5) is 18.3. The van der Waals surface area contributed by atoms with Crippen molar-refractivity contribution in [2.75, 3.05) is 0 Å². The van der Waals surface area contributed by atoms with Crippen molar-refractivity contribution < 1.29 is 0 Å². The van der Waals surface area contributed by atoms with E-state index in [4.69, 9.17) is 21.5 Å². The Bertz CT molecular complexity index is 2020. The molecule has 0 saturated heterocycles. The topological polar surface area (TPSA) is 43.0 Å². The van der Waals surface area contributed by atoms with Crippen molar-refractivity contribution in [2.45, 2.75) is 0 Å². The Morgan fingerprint density at radius 2 is 1.13 bits per heavy atom. The predicted octanol–water partition coefficient (Wildman–Crippen LogP) is 9.46.